The van der Waals surface area contributed by atoms with Gasteiger partial charge in [0.1, 0.15) is 0 Å². The third-order valence-electron chi connectivity index (χ3n) is 8.77. The molecule has 6 nitrogen and oxygen atoms in total. The molecule has 0 saturated carbocycles. The van der Waals surface area contributed by atoms with Gasteiger partial charge < -0.3 is 10.2 Å². The van der Waals surface area contributed by atoms with Gasteiger partial charge in [0.05, 0.1) is 28.8 Å². The minimum Gasteiger partial charge on any atom is -0.337 e. The van der Waals surface area contributed by atoms with E-state index in [-0.39, 0.29) is 11.5 Å². The first-order chi connectivity index (χ1) is 21.8. The number of unbranched alkanes of at least 4 members (excludes halogenated alkanes) is 1. The average Bonchev–Trinajstić information content (AvgIpc) is 3.39. The van der Waals surface area contributed by atoms with Gasteiger partial charge >= 0.3 is 0 Å². The first-order valence-corrected chi connectivity index (χ1v) is 16.0. The van der Waals surface area contributed by atoms with E-state index in [0.717, 1.165) is 57.9 Å². The van der Waals surface area contributed by atoms with Gasteiger partial charge in [-0.1, -0.05) is 101 Å². The van der Waals surface area contributed by atoms with Crippen LogP contribution in [0.5, 0.6) is 0 Å². The topological polar surface area (TPSA) is 57.8 Å². The minimum absolute atomic E-state index is 0.0601. The maximum absolute atomic E-state index is 5.38. The molecule has 4 aromatic carbocycles. The number of aromatic nitrogens is 2. The molecule has 3 heterocycles. The van der Waals surface area contributed by atoms with Crippen LogP contribution in [0.25, 0.3) is 5.69 Å². The largest absolute Gasteiger partial charge is 0.337 e. The molecule has 2 aliphatic heterocycles. The summed E-state index contributed by atoms with van der Waals surface area (Å²) in [5, 5.41) is 8.72. The van der Waals surface area contributed by atoms with Gasteiger partial charge in [-0.2, -0.15) is 5.10 Å². The summed E-state index contributed by atoms with van der Waals surface area (Å²) >= 11 is 0. The lowest BCUT2D eigenvalue weighted by Crippen LogP contribution is -2.46. The first-order valence-electron chi connectivity index (χ1n) is 16.0. The third-order valence-corrected chi connectivity index (χ3v) is 8.77. The van der Waals surface area contributed by atoms with Crippen molar-refractivity contribution in [1.82, 2.24) is 9.78 Å². The third kappa shape index (κ3) is 5.35. The van der Waals surface area contributed by atoms with Gasteiger partial charge in [-0.25, -0.2) is 14.7 Å². The molecule has 45 heavy (non-hydrogen) atoms. The quantitative estimate of drug-likeness (QED) is 0.214. The molecule has 2 aliphatic rings. The van der Waals surface area contributed by atoms with E-state index >= 15 is 0 Å². The lowest BCUT2D eigenvalue weighted by Gasteiger charge is -2.40. The number of amidine groups is 2. The Morgan fingerprint density at radius 3 is 2.22 bits per heavy atom. The molecular formula is C39H40N6. The molecule has 6 heteroatoms. The lowest BCUT2D eigenvalue weighted by atomic mass is 9.85. The van der Waals surface area contributed by atoms with E-state index in [0.29, 0.717) is 0 Å². The number of hydrogen-bond acceptors (Lipinski definition) is 5. The summed E-state index contributed by atoms with van der Waals surface area (Å²) < 4.78 is 1.98. The van der Waals surface area contributed by atoms with E-state index in [1.54, 1.807) is 0 Å². The molecule has 5 aromatic rings. The van der Waals surface area contributed by atoms with Crippen LogP contribution in [0.1, 0.15) is 74.5 Å². The summed E-state index contributed by atoms with van der Waals surface area (Å²) in [6.45, 7) is 11.1. The number of aliphatic imine (C=N–C) groups is 2. The average molecular weight is 593 g/mol. The van der Waals surface area contributed by atoms with Gasteiger partial charge in [0.2, 0.25) is 0 Å². The highest BCUT2D eigenvalue weighted by molar-refractivity contribution is 6.51. The van der Waals surface area contributed by atoms with Crippen LogP contribution < -0.4 is 10.2 Å². The molecule has 0 aliphatic carbocycles. The molecule has 0 spiro atoms. The second-order valence-electron chi connectivity index (χ2n) is 13.0. The number of nitrogens with one attached hydrogen (secondary N) is 1. The highest BCUT2D eigenvalue weighted by atomic mass is 15.4. The maximum Gasteiger partial charge on any atom is 0.179 e. The van der Waals surface area contributed by atoms with Gasteiger partial charge in [-0.15, -0.1) is 0 Å². The molecule has 1 unspecified atom stereocenters. The van der Waals surface area contributed by atoms with Crippen LogP contribution in [-0.2, 0) is 11.8 Å². The lowest BCUT2D eigenvalue weighted by molar-refractivity contribution is 0.589. The molecule has 0 fully saturated rings. The second-order valence-corrected chi connectivity index (χ2v) is 13.0. The number of rotatable bonds is 6. The normalized spacial score (nSPS) is 15.5. The Morgan fingerprint density at radius 1 is 0.800 bits per heavy atom. The molecular weight excluding hydrogens is 552 g/mol. The molecule has 7 rings (SSSR count). The highest BCUT2D eigenvalue weighted by Crippen LogP contribution is 2.48. The molecule has 0 saturated heterocycles. The van der Waals surface area contributed by atoms with E-state index in [4.69, 9.17) is 15.1 Å². The molecule has 1 atom stereocenters. The van der Waals surface area contributed by atoms with Gasteiger partial charge in [0.15, 0.2) is 17.5 Å². The second kappa shape index (κ2) is 11.5. The summed E-state index contributed by atoms with van der Waals surface area (Å²) in [5.74, 6) is 2.33. The number of nitrogens with zero attached hydrogens (tertiary/aromatic N) is 5. The van der Waals surface area contributed by atoms with Gasteiger partial charge in [-0.3, -0.25) is 0 Å². The van der Waals surface area contributed by atoms with Crippen molar-refractivity contribution < 1.29 is 0 Å². The van der Waals surface area contributed by atoms with Crippen molar-refractivity contribution in [2.45, 2.75) is 65.3 Å². The standard InChI is InChI=1S/C39H40N6/c1-6-7-13-27-18-24-30(25-19-27)40-36-38-42-37-34(26(2)43-45(37)31-14-9-8-10-15-31)35(28-20-22-29(23-21-28)39(3,4)5)44(38)33-17-12-11-16-32(33)41-36/h8-12,14-25,35H,6-7,13H2,1-5H3,(H,40,41). The number of benzene rings is 4. The van der Waals surface area contributed by atoms with Gasteiger partial charge in [-0.05, 0) is 78.3 Å². The fourth-order valence-electron chi connectivity index (χ4n) is 6.30. The van der Waals surface area contributed by atoms with Crippen LogP contribution in [0.3, 0.4) is 0 Å². The zero-order valence-electron chi connectivity index (χ0n) is 26.7. The SMILES string of the molecule is CCCCc1ccc(NC2=Nc3ccccc3N3C2=Nc2c(c(C)nn2-c2ccccc2)C3c2ccc(C(C)(C)C)cc2)cc1. The van der Waals surface area contributed by atoms with Gasteiger partial charge in [0.25, 0.3) is 0 Å². The van der Waals surface area contributed by atoms with Crippen molar-refractivity contribution in [2.24, 2.45) is 9.98 Å². The van der Waals surface area contributed by atoms with Crippen molar-refractivity contribution in [1.29, 1.82) is 0 Å². The summed E-state index contributed by atoms with van der Waals surface area (Å²) in [5.41, 5.74) is 9.85. The number of anilines is 2. The zero-order valence-corrected chi connectivity index (χ0v) is 26.7. The Balaban J connectivity index is 1.41. The Morgan fingerprint density at radius 2 is 1.51 bits per heavy atom. The predicted octanol–water partition coefficient (Wildman–Crippen LogP) is 9.62. The number of para-hydroxylation sites is 3. The summed E-state index contributed by atoms with van der Waals surface area (Å²) in [6, 6.07) is 36.3. The van der Waals surface area contributed by atoms with E-state index in [1.165, 1.54) is 29.5 Å². The monoisotopic (exact) mass is 592 g/mol. The summed E-state index contributed by atoms with van der Waals surface area (Å²) in [6.07, 6.45) is 3.47. The van der Waals surface area contributed by atoms with E-state index in [1.807, 2.05) is 28.9 Å². The van der Waals surface area contributed by atoms with Crippen LogP contribution in [0.4, 0.5) is 22.9 Å². The maximum atomic E-state index is 5.38. The molecule has 1 N–H and O–H groups in total. The van der Waals surface area contributed by atoms with Crippen LogP contribution in [-0.4, -0.2) is 21.5 Å². The summed E-state index contributed by atoms with van der Waals surface area (Å²) in [7, 11) is 0. The number of hydrogen-bond donors (Lipinski definition) is 1. The van der Waals surface area contributed by atoms with E-state index in [2.05, 4.69) is 124 Å². The van der Waals surface area contributed by atoms with E-state index in [9.17, 15) is 0 Å². The molecule has 0 radical (unpaired) electrons. The predicted molar refractivity (Wildman–Crippen MR) is 187 cm³/mol. The van der Waals surface area contributed by atoms with Gasteiger partial charge in [0, 0.05) is 11.3 Å². The summed E-state index contributed by atoms with van der Waals surface area (Å²) in [4.78, 5) is 12.9. The number of aryl methyl sites for hydroxylation is 2. The van der Waals surface area contributed by atoms with Crippen LogP contribution in [0.15, 0.2) is 113 Å². The van der Waals surface area contributed by atoms with Crippen LogP contribution in [0, 0.1) is 6.92 Å². The Labute approximate surface area is 266 Å². The zero-order chi connectivity index (χ0) is 31.1. The fraction of sp³-hybridized carbons (Fsp3) is 0.256. The Bertz CT molecular complexity index is 1890. The van der Waals surface area contributed by atoms with Crippen LogP contribution in [0.2, 0.25) is 0 Å². The van der Waals surface area contributed by atoms with Crippen molar-refractivity contribution in [3.63, 3.8) is 0 Å². The smallest absolute Gasteiger partial charge is 0.179 e. The van der Waals surface area contributed by atoms with Crippen molar-refractivity contribution in [3.05, 3.63) is 131 Å². The first kappa shape index (κ1) is 28.8. The number of fused-ring (bicyclic) bond motifs is 4. The minimum atomic E-state index is -0.149. The van der Waals surface area contributed by atoms with Crippen LogP contribution >= 0.6 is 0 Å². The Hall–Kier alpha value is -4.97. The van der Waals surface area contributed by atoms with Crippen molar-refractivity contribution in [2.75, 3.05) is 10.2 Å². The van der Waals surface area contributed by atoms with E-state index < -0.39 is 0 Å². The highest BCUT2D eigenvalue weighted by Gasteiger charge is 2.41. The molecule has 1 aromatic heterocycles. The van der Waals surface area contributed by atoms with Crippen molar-refractivity contribution >= 4 is 34.6 Å². The van der Waals surface area contributed by atoms with Crippen molar-refractivity contribution in [3.8, 4) is 5.69 Å². The molecule has 226 valence electrons. The Kier molecular flexibility index (Phi) is 7.36. The molecule has 0 amide bonds. The fourth-order valence-corrected chi connectivity index (χ4v) is 6.30. The molecule has 0 bridgehead atoms.